The van der Waals surface area contributed by atoms with Crippen LogP contribution in [0.1, 0.15) is 42.0 Å². The Morgan fingerprint density at radius 2 is 1.97 bits per heavy atom. The largest absolute Gasteiger partial charge is 0.340 e. The number of aromatic amines is 1. The van der Waals surface area contributed by atoms with Crippen molar-refractivity contribution in [2.45, 2.75) is 39.0 Å². The zero-order valence-corrected chi connectivity index (χ0v) is 20.7. The van der Waals surface area contributed by atoms with Crippen molar-refractivity contribution < 1.29 is 0 Å². The lowest BCUT2D eigenvalue weighted by Crippen LogP contribution is -2.33. The standard InChI is InChI=1S/C29H30N6O/c1-19-16-24(6-7-25(19)21-9-14-35(15-10-21)13-3-11-30)33-28-27-22(8-12-31-29(27)36)17-26(34-28)23-5-4-20(2)32-18-23/h4-8,12,16-18,21H,3,9-10,13-15H2,1-2H3,(H,31,36)(H,33,34). The van der Waals surface area contributed by atoms with E-state index in [1.165, 1.54) is 11.1 Å². The van der Waals surface area contributed by atoms with Crippen molar-refractivity contribution in [1.82, 2.24) is 19.9 Å². The van der Waals surface area contributed by atoms with Crippen molar-refractivity contribution in [3.63, 3.8) is 0 Å². The Kier molecular flexibility index (Phi) is 6.79. The molecule has 2 N–H and O–H groups in total. The van der Waals surface area contributed by atoms with E-state index in [2.05, 4.69) is 51.4 Å². The van der Waals surface area contributed by atoms with Gasteiger partial charge in [-0.25, -0.2) is 4.98 Å². The number of hydrogen-bond acceptors (Lipinski definition) is 6. The van der Waals surface area contributed by atoms with Gasteiger partial charge < -0.3 is 15.2 Å². The number of anilines is 2. The Morgan fingerprint density at radius 3 is 2.69 bits per heavy atom. The van der Waals surface area contributed by atoms with Crippen molar-refractivity contribution >= 4 is 22.3 Å². The maximum absolute atomic E-state index is 12.7. The van der Waals surface area contributed by atoms with Crippen LogP contribution in [0.5, 0.6) is 0 Å². The van der Waals surface area contributed by atoms with E-state index in [-0.39, 0.29) is 5.56 Å². The third-order valence-corrected chi connectivity index (χ3v) is 7.06. The van der Waals surface area contributed by atoms with Crippen LogP contribution >= 0.6 is 0 Å². The predicted octanol–water partition coefficient (Wildman–Crippen LogP) is 5.44. The SMILES string of the molecule is Cc1ccc(-c2cc3cc[nH]c(=O)c3c(Nc3ccc(C4CCN(CCC#N)CC4)c(C)c3)n2)cn1. The van der Waals surface area contributed by atoms with Gasteiger partial charge in [0.1, 0.15) is 5.82 Å². The zero-order chi connectivity index (χ0) is 25.1. The van der Waals surface area contributed by atoms with Gasteiger partial charge in [-0.1, -0.05) is 6.07 Å². The number of rotatable bonds is 6. The number of nitriles is 1. The third-order valence-electron chi connectivity index (χ3n) is 7.06. The first kappa shape index (κ1) is 23.7. The normalized spacial score (nSPS) is 14.6. The van der Waals surface area contributed by atoms with Gasteiger partial charge in [-0.2, -0.15) is 5.26 Å². The maximum atomic E-state index is 12.7. The lowest BCUT2D eigenvalue weighted by atomic mass is 9.86. The summed E-state index contributed by atoms with van der Waals surface area (Å²) in [6.07, 6.45) is 6.28. The molecule has 0 radical (unpaired) electrons. The number of aryl methyl sites for hydroxylation is 2. The number of aromatic nitrogens is 3. The van der Waals surface area contributed by atoms with Crippen LogP contribution < -0.4 is 10.9 Å². The number of H-pyrrole nitrogens is 1. The topological polar surface area (TPSA) is 97.7 Å². The molecule has 0 saturated carbocycles. The number of fused-ring (bicyclic) bond motifs is 1. The molecule has 4 aromatic rings. The molecule has 4 heterocycles. The molecule has 7 heteroatoms. The summed E-state index contributed by atoms with van der Waals surface area (Å²) in [7, 11) is 0. The Balaban J connectivity index is 1.42. The molecule has 1 aromatic carbocycles. The zero-order valence-electron chi connectivity index (χ0n) is 20.7. The number of likely N-dealkylation sites (tertiary alicyclic amines) is 1. The van der Waals surface area contributed by atoms with Gasteiger partial charge >= 0.3 is 0 Å². The summed E-state index contributed by atoms with van der Waals surface area (Å²) < 4.78 is 0. The second-order valence-corrected chi connectivity index (χ2v) is 9.54. The lowest BCUT2D eigenvalue weighted by Gasteiger charge is -2.32. The maximum Gasteiger partial charge on any atom is 0.259 e. The van der Waals surface area contributed by atoms with Crippen molar-refractivity contribution in [3.05, 3.63) is 82.0 Å². The minimum atomic E-state index is -0.174. The second-order valence-electron chi connectivity index (χ2n) is 9.54. The van der Waals surface area contributed by atoms with Crippen LogP contribution in [0.2, 0.25) is 0 Å². The van der Waals surface area contributed by atoms with Gasteiger partial charge in [0.15, 0.2) is 0 Å². The first-order valence-corrected chi connectivity index (χ1v) is 12.4. The van der Waals surface area contributed by atoms with E-state index in [1.54, 1.807) is 6.20 Å². The fourth-order valence-corrected chi connectivity index (χ4v) is 5.10. The van der Waals surface area contributed by atoms with Gasteiger partial charge in [0, 0.05) is 42.3 Å². The van der Waals surface area contributed by atoms with Gasteiger partial charge in [-0.05, 0) is 98.6 Å². The molecule has 0 bridgehead atoms. The molecule has 5 rings (SSSR count). The molecule has 0 amide bonds. The smallest absolute Gasteiger partial charge is 0.259 e. The molecule has 3 aromatic heterocycles. The summed E-state index contributed by atoms with van der Waals surface area (Å²) in [4.78, 5) is 27.1. The van der Waals surface area contributed by atoms with E-state index < -0.39 is 0 Å². The van der Waals surface area contributed by atoms with Gasteiger partial charge in [-0.15, -0.1) is 0 Å². The van der Waals surface area contributed by atoms with E-state index in [0.29, 0.717) is 23.5 Å². The average Bonchev–Trinajstić information content (AvgIpc) is 2.88. The summed E-state index contributed by atoms with van der Waals surface area (Å²) in [5.74, 6) is 1.06. The average molecular weight is 479 g/mol. The molecule has 1 fully saturated rings. The van der Waals surface area contributed by atoms with E-state index in [0.717, 1.165) is 60.5 Å². The van der Waals surface area contributed by atoms with Crippen LogP contribution in [0.3, 0.4) is 0 Å². The summed E-state index contributed by atoms with van der Waals surface area (Å²) in [5, 5.41) is 13.6. The molecule has 7 nitrogen and oxygen atoms in total. The van der Waals surface area contributed by atoms with Gasteiger partial charge in [-0.3, -0.25) is 9.78 Å². The van der Waals surface area contributed by atoms with Crippen LogP contribution in [0.25, 0.3) is 22.0 Å². The molecule has 1 saturated heterocycles. The highest BCUT2D eigenvalue weighted by atomic mass is 16.1. The van der Waals surface area contributed by atoms with E-state index >= 15 is 0 Å². The number of nitrogens with zero attached hydrogens (tertiary/aromatic N) is 4. The highest BCUT2D eigenvalue weighted by Crippen LogP contribution is 2.33. The monoisotopic (exact) mass is 478 g/mol. The van der Waals surface area contributed by atoms with Gasteiger partial charge in [0.25, 0.3) is 5.56 Å². The molecule has 0 unspecified atom stereocenters. The second kappa shape index (κ2) is 10.3. The van der Waals surface area contributed by atoms with Crippen molar-refractivity contribution in [2.24, 2.45) is 0 Å². The summed E-state index contributed by atoms with van der Waals surface area (Å²) >= 11 is 0. The highest BCUT2D eigenvalue weighted by Gasteiger charge is 2.22. The van der Waals surface area contributed by atoms with Crippen molar-refractivity contribution in [2.75, 3.05) is 25.0 Å². The Labute approximate surface area is 210 Å². The fourth-order valence-electron chi connectivity index (χ4n) is 5.10. The van der Waals surface area contributed by atoms with Crippen LogP contribution in [0.15, 0.2) is 59.7 Å². The fraction of sp³-hybridized carbons (Fsp3) is 0.310. The summed E-state index contributed by atoms with van der Waals surface area (Å²) in [6, 6.07) is 16.4. The third kappa shape index (κ3) is 5.00. The number of nitrogens with one attached hydrogen (secondary N) is 2. The van der Waals surface area contributed by atoms with Crippen molar-refractivity contribution in [1.29, 1.82) is 5.26 Å². The minimum absolute atomic E-state index is 0.174. The lowest BCUT2D eigenvalue weighted by molar-refractivity contribution is 0.216. The summed E-state index contributed by atoms with van der Waals surface area (Å²) in [6.45, 7) is 7.03. The molecular formula is C29H30N6O. The number of pyridine rings is 3. The van der Waals surface area contributed by atoms with E-state index in [4.69, 9.17) is 10.2 Å². The molecule has 0 aliphatic carbocycles. The molecule has 0 spiro atoms. The minimum Gasteiger partial charge on any atom is -0.340 e. The molecule has 1 aliphatic rings. The Hall–Kier alpha value is -4.02. The van der Waals surface area contributed by atoms with E-state index in [1.807, 2.05) is 37.4 Å². The first-order valence-electron chi connectivity index (χ1n) is 12.4. The van der Waals surface area contributed by atoms with Crippen LogP contribution in [-0.4, -0.2) is 39.5 Å². The molecule has 182 valence electrons. The summed E-state index contributed by atoms with van der Waals surface area (Å²) in [5.41, 5.74) is 5.94. The van der Waals surface area contributed by atoms with E-state index in [9.17, 15) is 4.79 Å². The molecule has 0 atom stereocenters. The van der Waals surface area contributed by atoms with Gasteiger partial charge in [0.2, 0.25) is 0 Å². The predicted molar refractivity (Wildman–Crippen MR) is 143 cm³/mol. The van der Waals surface area contributed by atoms with Crippen LogP contribution in [0, 0.1) is 25.2 Å². The van der Waals surface area contributed by atoms with Crippen molar-refractivity contribution in [3.8, 4) is 17.3 Å². The van der Waals surface area contributed by atoms with Crippen LogP contribution in [-0.2, 0) is 0 Å². The molecule has 36 heavy (non-hydrogen) atoms. The number of hydrogen-bond donors (Lipinski definition) is 2. The molecule has 1 aliphatic heterocycles. The van der Waals surface area contributed by atoms with Crippen LogP contribution in [0.4, 0.5) is 11.5 Å². The quantitative estimate of drug-likeness (QED) is 0.383. The Morgan fingerprint density at radius 1 is 1.14 bits per heavy atom. The first-order chi connectivity index (χ1) is 17.5. The highest BCUT2D eigenvalue weighted by molar-refractivity contribution is 5.95. The number of piperidine rings is 1. The van der Waals surface area contributed by atoms with Gasteiger partial charge in [0.05, 0.1) is 17.1 Å². The Bertz CT molecular complexity index is 1480. The number of benzene rings is 1. The molecular weight excluding hydrogens is 448 g/mol.